The second-order valence-electron chi connectivity index (χ2n) is 8.79. The SMILES string of the molecule is COc1cccc(-c2nnc(NS(=O)(=O)C(C)C(OC)c3ncc(Cl)cn3)n2C[C@H]2CCC[C@H](C)O2)n1. The van der Waals surface area contributed by atoms with E-state index in [2.05, 4.69) is 29.9 Å². The fourth-order valence-electron chi connectivity index (χ4n) is 4.19. The van der Waals surface area contributed by atoms with Crippen molar-refractivity contribution >= 4 is 27.6 Å². The van der Waals surface area contributed by atoms with Crippen molar-refractivity contribution in [2.45, 2.75) is 63.2 Å². The molecule has 4 heterocycles. The van der Waals surface area contributed by atoms with Crippen LogP contribution in [0.15, 0.2) is 30.6 Å². The number of halogens is 1. The van der Waals surface area contributed by atoms with Crippen molar-refractivity contribution in [1.29, 1.82) is 0 Å². The summed E-state index contributed by atoms with van der Waals surface area (Å²) in [6, 6.07) is 5.25. The molecule has 0 spiro atoms. The Balaban J connectivity index is 1.67. The first-order chi connectivity index (χ1) is 17.7. The molecular formula is C23H30ClN7O5S. The van der Waals surface area contributed by atoms with Crippen molar-refractivity contribution in [3.8, 4) is 17.4 Å². The number of anilines is 1. The van der Waals surface area contributed by atoms with Crippen LogP contribution in [0, 0.1) is 0 Å². The molecule has 1 aliphatic rings. The van der Waals surface area contributed by atoms with E-state index in [0.717, 1.165) is 19.3 Å². The number of hydrogen-bond donors (Lipinski definition) is 1. The van der Waals surface area contributed by atoms with Gasteiger partial charge in [-0.15, -0.1) is 10.2 Å². The molecule has 0 radical (unpaired) electrons. The maximum atomic E-state index is 13.5. The van der Waals surface area contributed by atoms with Gasteiger partial charge in [-0.1, -0.05) is 17.7 Å². The van der Waals surface area contributed by atoms with Crippen molar-refractivity contribution in [3.63, 3.8) is 0 Å². The quantitative estimate of drug-likeness (QED) is 0.398. The van der Waals surface area contributed by atoms with E-state index in [-0.39, 0.29) is 24.0 Å². The van der Waals surface area contributed by atoms with E-state index in [1.54, 1.807) is 22.8 Å². The van der Waals surface area contributed by atoms with Crippen molar-refractivity contribution in [2.75, 3.05) is 18.9 Å². The van der Waals surface area contributed by atoms with Gasteiger partial charge < -0.3 is 14.2 Å². The summed E-state index contributed by atoms with van der Waals surface area (Å²) < 4.78 is 48.0. The molecule has 37 heavy (non-hydrogen) atoms. The summed E-state index contributed by atoms with van der Waals surface area (Å²) in [6.45, 7) is 3.87. The number of nitrogens with one attached hydrogen (secondary N) is 1. The summed E-state index contributed by atoms with van der Waals surface area (Å²) in [5.74, 6) is 1.02. The summed E-state index contributed by atoms with van der Waals surface area (Å²) >= 11 is 5.88. The zero-order valence-electron chi connectivity index (χ0n) is 21.0. The highest BCUT2D eigenvalue weighted by atomic mass is 35.5. The summed E-state index contributed by atoms with van der Waals surface area (Å²) in [6.07, 6.45) is 4.61. The number of sulfonamides is 1. The van der Waals surface area contributed by atoms with Crippen LogP contribution in [0.2, 0.25) is 5.02 Å². The second-order valence-corrected chi connectivity index (χ2v) is 11.3. The third-order valence-corrected chi connectivity index (χ3v) is 8.05. The van der Waals surface area contributed by atoms with Gasteiger partial charge in [-0.3, -0.25) is 9.29 Å². The van der Waals surface area contributed by atoms with Crippen LogP contribution in [-0.2, 0) is 26.0 Å². The summed E-state index contributed by atoms with van der Waals surface area (Å²) in [5.41, 5.74) is 0.485. The zero-order valence-corrected chi connectivity index (χ0v) is 22.6. The Hall–Kier alpha value is -2.87. The number of hydrogen-bond acceptors (Lipinski definition) is 10. The first-order valence-electron chi connectivity index (χ1n) is 11.8. The molecule has 1 saturated heterocycles. The Morgan fingerprint density at radius 1 is 1.22 bits per heavy atom. The van der Waals surface area contributed by atoms with Gasteiger partial charge in [0.1, 0.15) is 17.0 Å². The van der Waals surface area contributed by atoms with Gasteiger partial charge in [0, 0.05) is 25.6 Å². The molecule has 0 aromatic carbocycles. The summed E-state index contributed by atoms with van der Waals surface area (Å²) in [4.78, 5) is 12.7. The lowest BCUT2D eigenvalue weighted by atomic mass is 10.0. The maximum absolute atomic E-state index is 13.5. The minimum atomic E-state index is -4.04. The average Bonchev–Trinajstić information content (AvgIpc) is 3.26. The highest BCUT2D eigenvalue weighted by molar-refractivity contribution is 7.93. The second kappa shape index (κ2) is 11.7. The van der Waals surface area contributed by atoms with E-state index in [1.807, 2.05) is 6.92 Å². The third-order valence-electron chi connectivity index (χ3n) is 6.16. The topological polar surface area (TPSA) is 143 Å². The molecule has 2 unspecified atom stereocenters. The van der Waals surface area contributed by atoms with E-state index in [0.29, 0.717) is 29.0 Å². The number of nitrogens with zero attached hydrogens (tertiary/aromatic N) is 6. The molecule has 200 valence electrons. The van der Waals surface area contributed by atoms with E-state index >= 15 is 0 Å². The van der Waals surface area contributed by atoms with Crippen molar-refractivity contribution < 1.29 is 22.6 Å². The molecule has 12 nitrogen and oxygen atoms in total. The normalized spacial score (nSPS) is 19.8. The molecule has 1 N–H and O–H groups in total. The molecule has 1 aliphatic heterocycles. The van der Waals surface area contributed by atoms with Gasteiger partial charge in [-0.25, -0.2) is 23.4 Å². The number of methoxy groups -OCH3 is 2. The van der Waals surface area contributed by atoms with Gasteiger partial charge in [0.25, 0.3) is 0 Å². The highest BCUT2D eigenvalue weighted by Crippen LogP contribution is 2.28. The van der Waals surface area contributed by atoms with E-state index in [1.165, 1.54) is 33.5 Å². The van der Waals surface area contributed by atoms with Crippen LogP contribution < -0.4 is 9.46 Å². The minimum absolute atomic E-state index is 0.0418. The van der Waals surface area contributed by atoms with Gasteiger partial charge in [0.2, 0.25) is 21.9 Å². The molecule has 0 amide bonds. The van der Waals surface area contributed by atoms with E-state index < -0.39 is 21.4 Å². The van der Waals surface area contributed by atoms with Crippen LogP contribution in [0.5, 0.6) is 5.88 Å². The lowest BCUT2D eigenvalue weighted by Gasteiger charge is -2.29. The van der Waals surface area contributed by atoms with Gasteiger partial charge in [0.15, 0.2) is 11.6 Å². The minimum Gasteiger partial charge on any atom is -0.481 e. The third kappa shape index (κ3) is 6.35. The lowest BCUT2D eigenvalue weighted by Crippen LogP contribution is -2.34. The van der Waals surface area contributed by atoms with Crippen LogP contribution in [0.4, 0.5) is 5.95 Å². The number of aromatic nitrogens is 6. The summed E-state index contributed by atoms with van der Waals surface area (Å²) in [5, 5.41) is 7.69. The number of ether oxygens (including phenoxy) is 3. The molecule has 0 saturated carbocycles. The smallest absolute Gasteiger partial charge is 0.240 e. The van der Waals surface area contributed by atoms with E-state index in [9.17, 15) is 8.42 Å². The fourth-order valence-corrected chi connectivity index (χ4v) is 5.44. The Morgan fingerprint density at radius 2 is 1.97 bits per heavy atom. The van der Waals surface area contributed by atoms with Crippen molar-refractivity contribution in [1.82, 2.24) is 29.7 Å². The van der Waals surface area contributed by atoms with Gasteiger partial charge in [-0.05, 0) is 39.2 Å². The molecule has 4 atom stereocenters. The molecule has 0 aliphatic carbocycles. The predicted octanol–water partition coefficient (Wildman–Crippen LogP) is 3.27. The van der Waals surface area contributed by atoms with Crippen LogP contribution >= 0.6 is 11.6 Å². The Bertz CT molecular complexity index is 1310. The lowest BCUT2D eigenvalue weighted by molar-refractivity contribution is -0.0467. The van der Waals surface area contributed by atoms with Crippen LogP contribution in [-0.4, -0.2) is 69.8 Å². The largest absolute Gasteiger partial charge is 0.481 e. The maximum Gasteiger partial charge on any atom is 0.240 e. The molecule has 1 fully saturated rings. The molecule has 0 bridgehead atoms. The van der Waals surface area contributed by atoms with Crippen LogP contribution in [0.3, 0.4) is 0 Å². The fraction of sp³-hybridized carbons (Fsp3) is 0.522. The van der Waals surface area contributed by atoms with Crippen molar-refractivity contribution in [2.24, 2.45) is 0 Å². The average molecular weight is 552 g/mol. The Kier molecular flexibility index (Phi) is 8.57. The number of rotatable bonds is 10. The molecule has 14 heteroatoms. The summed E-state index contributed by atoms with van der Waals surface area (Å²) in [7, 11) is -1.12. The zero-order chi connectivity index (χ0) is 26.6. The van der Waals surface area contributed by atoms with Gasteiger partial charge in [0.05, 0.1) is 30.9 Å². The highest BCUT2D eigenvalue weighted by Gasteiger charge is 2.35. The first kappa shape index (κ1) is 27.2. The standard InChI is InChI=1S/C23H30ClN7O5S/c1-14-7-5-8-17(36-14)13-31-22(18-9-6-10-19(27-18)34-3)28-29-23(31)30-37(32,33)15(2)20(35-4)21-25-11-16(24)12-26-21/h6,9-12,14-15,17,20H,5,7-8,13H2,1-4H3,(H,29,30)/t14-,15?,17+,20?/m0/s1. The number of pyridine rings is 1. The van der Waals surface area contributed by atoms with Crippen LogP contribution in [0.25, 0.3) is 11.5 Å². The molecular weight excluding hydrogens is 522 g/mol. The van der Waals surface area contributed by atoms with Crippen LogP contribution in [0.1, 0.15) is 45.0 Å². The predicted molar refractivity (Wildman–Crippen MR) is 137 cm³/mol. The molecule has 3 aromatic rings. The molecule has 3 aromatic heterocycles. The molecule has 4 rings (SSSR count). The van der Waals surface area contributed by atoms with Gasteiger partial charge in [-0.2, -0.15) is 0 Å². The Labute approximate surface area is 220 Å². The van der Waals surface area contributed by atoms with Crippen molar-refractivity contribution in [3.05, 3.63) is 41.4 Å². The van der Waals surface area contributed by atoms with Gasteiger partial charge >= 0.3 is 0 Å². The van der Waals surface area contributed by atoms with E-state index in [4.69, 9.17) is 25.8 Å². The first-order valence-corrected chi connectivity index (χ1v) is 13.8. The Morgan fingerprint density at radius 3 is 2.65 bits per heavy atom. The monoisotopic (exact) mass is 551 g/mol.